The van der Waals surface area contributed by atoms with E-state index in [1.54, 1.807) is 6.07 Å². The molecule has 5 aromatic rings. The molecule has 0 N–H and O–H groups in total. The fraction of sp³-hybridized carbons (Fsp3) is 0.125. The molecule has 2 aromatic heterocycles. The van der Waals surface area contributed by atoms with Crippen molar-refractivity contribution in [1.82, 2.24) is 19.2 Å². The predicted octanol–water partition coefficient (Wildman–Crippen LogP) is 4.16. The van der Waals surface area contributed by atoms with E-state index in [2.05, 4.69) is 17.2 Å². The van der Waals surface area contributed by atoms with Gasteiger partial charge in [-0.1, -0.05) is 42.5 Å². The van der Waals surface area contributed by atoms with E-state index in [0.717, 1.165) is 16.9 Å². The number of hydrogen-bond acceptors (Lipinski definition) is 4. The van der Waals surface area contributed by atoms with E-state index in [9.17, 15) is 4.79 Å². The first-order valence-corrected chi connectivity index (χ1v) is 9.90. The summed E-state index contributed by atoms with van der Waals surface area (Å²) in [6.45, 7) is 3.12. The SMILES string of the molecule is CCOc1ccc(-c2nn3c(=O)c4ccccc4nc3n2Cc2ccccc2)cc1. The number of para-hydroxylation sites is 1. The molecule has 0 unspecified atom stereocenters. The summed E-state index contributed by atoms with van der Waals surface area (Å²) in [4.78, 5) is 17.9. The van der Waals surface area contributed by atoms with Crippen LogP contribution in [0.15, 0.2) is 83.7 Å². The second-order valence-corrected chi connectivity index (χ2v) is 7.00. The van der Waals surface area contributed by atoms with Gasteiger partial charge in [0.2, 0.25) is 5.78 Å². The van der Waals surface area contributed by atoms with Crippen LogP contribution in [0.4, 0.5) is 0 Å². The molecule has 0 aliphatic heterocycles. The van der Waals surface area contributed by atoms with Crippen molar-refractivity contribution in [3.8, 4) is 17.1 Å². The summed E-state index contributed by atoms with van der Waals surface area (Å²) in [6, 6.07) is 25.2. The van der Waals surface area contributed by atoms with Crippen LogP contribution in [0.1, 0.15) is 12.5 Å². The van der Waals surface area contributed by atoms with Crippen LogP contribution in [-0.4, -0.2) is 25.8 Å². The number of hydrogen-bond donors (Lipinski definition) is 0. The maximum Gasteiger partial charge on any atom is 0.283 e. The minimum absolute atomic E-state index is 0.172. The summed E-state index contributed by atoms with van der Waals surface area (Å²) in [6.07, 6.45) is 0. The number of fused-ring (bicyclic) bond motifs is 2. The highest BCUT2D eigenvalue weighted by molar-refractivity contribution is 5.79. The third kappa shape index (κ3) is 3.12. The summed E-state index contributed by atoms with van der Waals surface area (Å²) in [5.41, 5.74) is 2.49. The molecule has 30 heavy (non-hydrogen) atoms. The topological polar surface area (TPSA) is 61.4 Å². The van der Waals surface area contributed by atoms with Gasteiger partial charge in [0.25, 0.3) is 5.56 Å². The van der Waals surface area contributed by atoms with Crippen LogP contribution in [0.2, 0.25) is 0 Å². The Morgan fingerprint density at radius 1 is 0.900 bits per heavy atom. The van der Waals surface area contributed by atoms with Crippen molar-refractivity contribution in [1.29, 1.82) is 0 Å². The lowest BCUT2D eigenvalue weighted by Gasteiger charge is -2.09. The van der Waals surface area contributed by atoms with Gasteiger partial charge in [0.05, 0.1) is 24.1 Å². The lowest BCUT2D eigenvalue weighted by molar-refractivity contribution is 0.340. The quantitative estimate of drug-likeness (QED) is 0.448. The highest BCUT2D eigenvalue weighted by Gasteiger charge is 2.17. The molecule has 0 radical (unpaired) electrons. The molecule has 0 amide bonds. The first-order chi connectivity index (χ1) is 14.7. The Kier molecular flexibility index (Phi) is 4.52. The largest absolute Gasteiger partial charge is 0.494 e. The van der Waals surface area contributed by atoms with Crippen molar-refractivity contribution in [3.63, 3.8) is 0 Å². The molecular formula is C24H20N4O2. The standard InChI is InChI=1S/C24H20N4O2/c1-2-30-19-14-12-18(13-15-19)22-26-28-23(29)20-10-6-7-11-21(20)25-24(28)27(22)16-17-8-4-3-5-9-17/h3-15H,2,16H2,1H3. The average molecular weight is 396 g/mol. The molecule has 6 heteroatoms. The fourth-order valence-corrected chi connectivity index (χ4v) is 3.61. The first-order valence-electron chi connectivity index (χ1n) is 9.90. The van der Waals surface area contributed by atoms with Crippen molar-refractivity contribution in [2.75, 3.05) is 6.61 Å². The Balaban J connectivity index is 1.75. The molecule has 0 aliphatic rings. The van der Waals surface area contributed by atoms with Crippen molar-refractivity contribution >= 4 is 16.7 Å². The number of rotatable bonds is 5. The van der Waals surface area contributed by atoms with Crippen LogP contribution >= 0.6 is 0 Å². The zero-order chi connectivity index (χ0) is 20.5. The summed E-state index contributed by atoms with van der Waals surface area (Å²) < 4.78 is 8.94. The maximum absolute atomic E-state index is 13.1. The number of nitrogens with zero attached hydrogens (tertiary/aromatic N) is 4. The Labute approximate surface area is 173 Å². The van der Waals surface area contributed by atoms with Crippen LogP contribution < -0.4 is 10.3 Å². The van der Waals surface area contributed by atoms with Crippen LogP contribution in [0.25, 0.3) is 28.1 Å². The molecule has 6 nitrogen and oxygen atoms in total. The maximum atomic E-state index is 13.1. The minimum Gasteiger partial charge on any atom is -0.494 e. The Hall–Kier alpha value is -3.93. The summed E-state index contributed by atoms with van der Waals surface area (Å²) in [5.74, 6) is 2.00. The van der Waals surface area contributed by atoms with E-state index in [1.165, 1.54) is 4.52 Å². The third-order valence-electron chi connectivity index (χ3n) is 5.04. The molecule has 0 bridgehead atoms. The van der Waals surface area contributed by atoms with Gasteiger partial charge < -0.3 is 4.74 Å². The van der Waals surface area contributed by atoms with Gasteiger partial charge in [-0.05, 0) is 48.9 Å². The highest BCUT2D eigenvalue weighted by atomic mass is 16.5. The number of benzene rings is 3. The van der Waals surface area contributed by atoms with E-state index >= 15 is 0 Å². The van der Waals surface area contributed by atoms with Gasteiger partial charge in [-0.3, -0.25) is 9.36 Å². The van der Waals surface area contributed by atoms with E-state index in [-0.39, 0.29) is 5.56 Å². The van der Waals surface area contributed by atoms with Crippen LogP contribution in [-0.2, 0) is 6.54 Å². The summed E-state index contributed by atoms with van der Waals surface area (Å²) >= 11 is 0. The van der Waals surface area contributed by atoms with Gasteiger partial charge >= 0.3 is 0 Å². The molecule has 0 saturated heterocycles. The Morgan fingerprint density at radius 2 is 1.63 bits per heavy atom. The minimum atomic E-state index is -0.172. The highest BCUT2D eigenvalue weighted by Crippen LogP contribution is 2.24. The second kappa shape index (κ2) is 7.48. The van der Waals surface area contributed by atoms with Gasteiger partial charge in [0.1, 0.15) is 5.75 Å². The van der Waals surface area contributed by atoms with Gasteiger partial charge in [-0.25, -0.2) is 4.98 Å². The predicted molar refractivity (Wildman–Crippen MR) is 117 cm³/mol. The lowest BCUT2D eigenvalue weighted by Crippen LogP contribution is -2.16. The zero-order valence-electron chi connectivity index (χ0n) is 16.5. The molecule has 0 fully saturated rings. The average Bonchev–Trinajstić information content (AvgIpc) is 3.14. The molecule has 0 aliphatic carbocycles. The van der Waals surface area contributed by atoms with Gasteiger partial charge in [0.15, 0.2) is 5.82 Å². The van der Waals surface area contributed by atoms with Crippen molar-refractivity contribution in [2.45, 2.75) is 13.5 Å². The van der Waals surface area contributed by atoms with E-state index in [4.69, 9.17) is 9.72 Å². The zero-order valence-corrected chi connectivity index (χ0v) is 16.5. The third-order valence-corrected chi connectivity index (χ3v) is 5.04. The molecule has 0 spiro atoms. The van der Waals surface area contributed by atoms with Gasteiger partial charge in [-0.2, -0.15) is 4.52 Å². The summed E-state index contributed by atoms with van der Waals surface area (Å²) in [7, 11) is 0. The molecule has 0 saturated carbocycles. The molecule has 0 atom stereocenters. The Bertz CT molecular complexity index is 1390. The van der Waals surface area contributed by atoms with E-state index < -0.39 is 0 Å². The van der Waals surface area contributed by atoms with E-state index in [1.807, 2.05) is 72.2 Å². The number of aromatic nitrogens is 4. The van der Waals surface area contributed by atoms with Crippen molar-refractivity contribution in [3.05, 3.63) is 94.8 Å². The fourth-order valence-electron chi connectivity index (χ4n) is 3.61. The van der Waals surface area contributed by atoms with Gasteiger partial charge in [-0.15, -0.1) is 5.10 Å². The van der Waals surface area contributed by atoms with Crippen molar-refractivity contribution in [2.24, 2.45) is 0 Å². The first kappa shape index (κ1) is 18.1. The molecular weight excluding hydrogens is 376 g/mol. The molecule has 3 aromatic carbocycles. The Morgan fingerprint density at radius 3 is 2.40 bits per heavy atom. The van der Waals surface area contributed by atoms with Gasteiger partial charge in [0, 0.05) is 5.56 Å². The molecule has 5 rings (SSSR count). The second-order valence-electron chi connectivity index (χ2n) is 7.00. The lowest BCUT2D eigenvalue weighted by atomic mass is 10.2. The number of ether oxygens (including phenoxy) is 1. The van der Waals surface area contributed by atoms with E-state index in [0.29, 0.717) is 35.7 Å². The smallest absolute Gasteiger partial charge is 0.283 e. The normalized spacial score (nSPS) is 11.2. The van der Waals surface area contributed by atoms with Crippen LogP contribution in [0.5, 0.6) is 5.75 Å². The van der Waals surface area contributed by atoms with Crippen LogP contribution in [0, 0.1) is 0 Å². The summed E-state index contributed by atoms with van der Waals surface area (Å²) in [5, 5.41) is 5.22. The molecule has 2 heterocycles. The molecule has 148 valence electrons. The van der Waals surface area contributed by atoms with Crippen molar-refractivity contribution < 1.29 is 4.74 Å². The monoisotopic (exact) mass is 396 g/mol. The van der Waals surface area contributed by atoms with Crippen LogP contribution in [0.3, 0.4) is 0 Å².